The molecule has 0 aromatic heterocycles. The minimum atomic E-state index is -0.668. The van der Waals surface area contributed by atoms with Crippen molar-refractivity contribution in [3.8, 4) is 0 Å². The fraction of sp³-hybridized carbons (Fsp3) is 0.696. The number of aliphatic carboxylic acids is 1. The Morgan fingerprint density at radius 2 is 0.840 bits per heavy atom. The van der Waals surface area contributed by atoms with Crippen LogP contribution in [-0.4, -0.2) is 23.1 Å². The van der Waals surface area contributed by atoms with Crippen molar-refractivity contribution < 1.29 is 19.4 Å². The lowest BCUT2D eigenvalue weighted by molar-refractivity contribution is -0.150. The van der Waals surface area contributed by atoms with Crippen LogP contribution in [0.25, 0.3) is 0 Å². The minimum absolute atomic E-state index is 0.0121. The molecule has 0 saturated heterocycles. The maximum atomic E-state index is 12.4. The van der Waals surface area contributed by atoms with Crippen LogP contribution in [0.15, 0.2) is 72.9 Å². The van der Waals surface area contributed by atoms with E-state index in [1.165, 1.54) is 77.0 Å². The lowest BCUT2D eigenvalue weighted by atomic mass is 10.0. The van der Waals surface area contributed by atoms with E-state index in [0.717, 1.165) is 96.3 Å². The number of carbonyl (C=O) groups excluding carboxylic acids is 1. The van der Waals surface area contributed by atoms with E-state index in [1.54, 1.807) is 0 Å². The Balaban J connectivity index is 3.66. The van der Waals surface area contributed by atoms with Crippen LogP contribution < -0.4 is 0 Å². The molecule has 1 unspecified atom stereocenters. The first-order valence-corrected chi connectivity index (χ1v) is 20.9. The van der Waals surface area contributed by atoms with Gasteiger partial charge in [0.1, 0.15) is 6.10 Å². The molecule has 1 N–H and O–H groups in total. The third-order valence-corrected chi connectivity index (χ3v) is 8.92. The number of carboxylic acid groups (broad SMARTS) is 1. The van der Waals surface area contributed by atoms with E-state index in [9.17, 15) is 9.59 Å². The number of ether oxygens (including phenoxy) is 1. The van der Waals surface area contributed by atoms with Crippen molar-refractivity contribution in [1.29, 1.82) is 0 Å². The van der Waals surface area contributed by atoms with E-state index < -0.39 is 5.97 Å². The van der Waals surface area contributed by atoms with E-state index in [4.69, 9.17) is 9.84 Å². The molecule has 0 aromatic carbocycles. The molecule has 0 radical (unpaired) electrons. The number of hydrogen-bond acceptors (Lipinski definition) is 3. The molecule has 0 heterocycles. The monoisotopic (exact) mass is 695 g/mol. The summed E-state index contributed by atoms with van der Waals surface area (Å²) in [6, 6.07) is 0. The number of carbonyl (C=O) groups is 2. The molecule has 4 nitrogen and oxygen atoms in total. The number of allylic oxidation sites excluding steroid dienone is 12. The second kappa shape index (κ2) is 40.8. The number of rotatable bonds is 37. The number of carboxylic acids is 1. The average molecular weight is 695 g/mol. The third-order valence-electron chi connectivity index (χ3n) is 8.92. The molecule has 1 atom stereocenters. The Bertz CT molecular complexity index is 922. The summed E-state index contributed by atoms with van der Waals surface area (Å²) in [5.74, 6) is -0.680. The highest BCUT2D eigenvalue weighted by Crippen LogP contribution is 2.17. The SMILES string of the molecule is CC/C=C\C/C=C\C/C=C\C/C=C\C/C=C\C/C=C\CCCCC(=O)OC(CCC)CCCCCCCCCCCCCCCCCC(=O)O. The zero-order valence-corrected chi connectivity index (χ0v) is 32.7. The van der Waals surface area contributed by atoms with Crippen LogP contribution in [0.1, 0.15) is 200 Å². The molecule has 0 aliphatic carbocycles. The zero-order valence-electron chi connectivity index (χ0n) is 32.7. The van der Waals surface area contributed by atoms with E-state index >= 15 is 0 Å². The summed E-state index contributed by atoms with van der Waals surface area (Å²) >= 11 is 0. The van der Waals surface area contributed by atoms with Gasteiger partial charge in [0.25, 0.3) is 0 Å². The normalized spacial score (nSPS) is 13.0. The van der Waals surface area contributed by atoms with Gasteiger partial charge >= 0.3 is 11.9 Å². The van der Waals surface area contributed by atoms with Gasteiger partial charge in [-0.1, -0.05) is 177 Å². The Kier molecular flexibility index (Phi) is 38.7. The van der Waals surface area contributed by atoms with Gasteiger partial charge in [-0.3, -0.25) is 9.59 Å². The Hall–Kier alpha value is -2.62. The number of hydrogen-bond donors (Lipinski definition) is 1. The van der Waals surface area contributed by atoms with Crippen molar-refractivity contribution in [2.75, 3.05) is 0 Å². The summed E-state index contributed by atoms with van der Waals surface area (Å²) in [4.78, 5) is 23.0. The molecule has 0 fully saturated rings. The summed E-state index contributed by atoms with van der Waals surface area (Å²) in [5, 5.41) is 8.67. The van der Waals surface area contributed by atoms with Crippen LogP contribution in [0.3, 0.4) is 0 Å². The highest BCUT2D eigenvalue weighted by Gasteiger charge is 2.13. The van der Waals surface area contributed by atoms with Crippen molar-refractivity contribution >= 4 is 11.9 Å². The molecule has 0 saturated carbocycles. The topological polar surface area (TPSA) is 63.6 Å². The molecule has 0 amide bonds. The summed E-state index contributed by atoms with van der Waals surface area (Å²) in [5.41, 5.74) is 0. The van der Waals surface area contributed by atoms with Crippen molar-refractivity contribution in [2.45, 2.75) is 206 Å². The Labute approximate surface area is 309 Å². The largest absolute Gasteiger partial charge is 0.481 e. The lowest BCUT2D eigenvalue weighted by Gasteiger charge is -2.17. The van der Waals surface area contributed by atoms with Gasteiger partial charge < -0.3 is 9.84 Å². The van der Waals surface area contributed by atoms with Crippen molar-refractivity contribution in [1.82, 2.24) is 0 Å². The lowest BCUT2D eigenvalue weighted by Crippen LogP contribution is -2.18. The number of esters is 1. The van der Waals surface area contributed by atoms with Crippen LogP contribution in [0.5, 0.6) is 0 Å². The average Bonchev–Trinajstić information content (AvgIpc) is 3.10. The van der Waals surface area contributed by atoms with Crippen molar-refractivity contribution in [2.24, 2.45) is 0 Å². The summed E-state index contributed by atoms with van der Waals surface area (Å²) in [6.07, 6.45) is 58.5. The first-order chi connectivity index (χ1) is 24.6. The second-order valence-corrected chi connectivity index (χ2v) is 13.8. The van der Waals surface area contributed by atoms with Gasteiger partial charge in [0, 0.05) is 12.8 Å². The van der Waals surface area contributed by atoms with Crippen LogP contribution in [0.4, 0.5) is 0 Å². The van der Waals surface area contributed by atoms with Gasteiger partial charge in [0.2, 0.25) is 0 Å². The molecule has 0 aliphatic rings. The van der Waals surface area contributed by atoms with E-state index in [2.05, 4.69) is 86.8 Å². The standard InChI is InChI=1S/C46H78O4/c1-3-5-6-7-8-9-10-11-12-13-14-15-16-17-21-24-27-30-33-36-39-43-46(49)50-44(40-4-2)41-37-34-31-28-25-22-19-18-20-23-26-29-32-35-38-42-45(47)48/h5-6,8-9,11-12,14-15,17,21,27,30,44H,3-4,7,10,13,16,18-20,22-26,28-29,31-43H2,1-2H3,(H,47,48)/b6-5-,9-8-,12-11-,15-14-,21-17-,30-27-. The molecule has 4 heteroatoms. The fourth-order valence-electron chi connectivity index (χ4n) is 5.95. The fourth-order valence-corrected chi connectivity index (χ4v) is 5.95. The van der Waals surface area contributed by atoms with Gasteiger partial charge in [-0.15, -0.1) is 0 Å². The minimum Gasteiger partial charge on any atom is -0.481 e. The molecule has 0 aromatic rings. The smallest absolute Gasteiger partial charge is 0.306 e. The van der Waals surface area contributed by atoms with Gasteiger partial charge in [-0.05, 0) is 83.5 Å². The molecule has 0 rings (SSSR count). The quantitative estimate of drug-likeness (QED) is 0.0399. The highest BCUT2D eigenvalue weighted by molar-refractivity contribution is 5.69. The molecule has 0 aliphatic heterocycles. The zero-order chi connectivity index (χ0) is 36.4. The second-order valence-electron chi connectivity index (χ2n) is 13.8. The maximum absolute atomic E-state index is 12.4. The molecule has 0 bridgehead atoms. The van der Waals surface area contributed by atoms with E-state index in [0.29, 0.717) is 12.8 Å². The van der Waals surface area contributed by atoms with Crippen LogP contribution >= 0.6 is 0 Å². The van der Waals surface area contributed by atoms with E-state index in [-0.39, 0.29) is 12.1 Å². The number of unbranched alkanes of at least 4 members (excludes halogenated alkanes) is 16. The van der Waals surface area contributed by atoms with Gasteiger partial charge in [-0.25, -0.2) is 0 Å². The van der Waals surface area contributed by atoms with Crippen molar-refractivity contribution in [3.05, 3.63) is 72.9 Å². The first-order valence-electron chi connectivity index (χ1n) is 20.9. The van der Waals surface area contributed by atoms with Gasteiger partial charge in [0.05, 0.1) is 0 Å². The van der Waals surface area contributed by atoms with E-state index in [1.807, 2.05) is 0 Å². The predicted octanol–water partition coefficient (Wildman–Crippen LogP) is 14.7. The Morgan fingerprint density at radius 1 is 0.460 bits per heavy atom. The summed E-state index contributed by atoms with van der Waals surface area (Å²) in [6.45, 7) is 4.34. The molecular formula is C46H78O4. The molecule has 0 spiro atoms. The maximum Gasteiger partial charge on any atom is 0.306 e. The summed E-state index contributed by atoms with van der Waals surface area (Å²) < 4.78 is 5.87. The van der Waals surface area contributed by atoms with Crippen LogP contribution in [0.2, 0.25) is 0 Å². The van der Waals surface area contributed by atoms with Crippen LogP contribution in [-0.2, 0) is 14.3 Å². The summed E-state index contributed by atoms with van der Waals surface area (Å²) in [7, 11) is 0. The Morgan fingerprint density at radius 3 is 1.26 bits per heavy atom. The van der Waals surface area contributed by atoms with Crippen LogP contribution in [0, 0.1) is 0 Å². The van der Waals surface area contributed by atoms with Gasteiger partial charge in [0.15, 0.2) is 0 Å². The molecule has 50 heavy (non-hydrogen) atoms. The van der Waals surface area contributed by atoms with Crippen molar-refractivity contribution in [3.63, 3.8) is 0 Å². The predicted molar refractivity (Wildman–Crippen MR) is 218 cm³/mol. The molecular weight excluding hydrogens is 617 g/mol. The third kappa shape index (κ3) is 39.8. The first kappa shape index (κ1) is 47.4. The molecule has 286 valence electrons. The van der Waals surface area contributed by atoms with Gasteiger partial charge in [-0.2, -0.15) is 0 Å². The highest BCUT2D eigenvalue weighted by atomic mass is 16.5.